The van der Waals surface area contributed by atoms with Crippen molar-refractivity contribution >= 4 is 0 Å². The van der Waals surface area contributed by atoms with Gasteiger partial charge in [-0.3, -0.25) is 0 Å². The minimum atomic E-state index is 0.359. The van der Waals surface area contributed by atoms with Crippen molar-refractivity contribution in [1.82, 2.24) is 14.9 Å². The number of nitrogens with zero attached hydrogens (tertiary/aromatic N) is 2. The summed E-state index contributed by atoms with van der Waals surface area (Å²) >= 11 is 0. The maximum atomic E-state index is 5.86. The molecule has 1 fully saturated rings. The molecule has 1 aliphatic rings. The molecule has 2 atom stereocenters. The number of hydrogen-bond donors (Lipinski definition) is 1. The van der Waals surface area contributed by atoms with Crippen LogP contribution in [0.1, 0.15) is 39.4 Å². The molecule has 1 saturated heterocycles. The van der Waals surface area contributed by atoms with Crippen LogP contribution >= 0.6 is 0 Å². The third kappa shape index (κ3) is 3.82. The molecule has 1 N–H and O–H groups in total. The van der Waals surface area contributed by atoms with E-state index in [1.54, 1.807) is 0 Å². The molecule has 2 unspecified atom stereocenters. The summed E-state index contributed by atoms with van der Waals surface area (Å²) in [5.41, 5.74) is 0. The first-order chi connectivity index (χ1) is 8.65. The minimum Gasteiger partial charge on any atom is -0.373 e. The van der Waals surface area contributed by atoms with E-state index in [-0.39, 0.29) is 0 Å². The Labute approximate surface area is 110 Å². The van der Waals surface area contributed by atoms with Crippen LogP contribution in [0.4, 0.5) is 0 Å². The van der Waals surface area contributed by atoms with Gasteiger partial charge in [0.2, 0.25) is 0 Å². The Balaban J connectivity index is 1.83. The number of imidazole rings is 1. The molecule has 0 saturated carbocycles. The standard InChI is InChI=1S/C14H25N3O/c1-11(2)8-15-9-14-16-6-7-17(14)10-13-5-4-12(3)18-13/h6-7,11-13,15H,4-5,8-10H2,1-3H3. The molecule has 0 aliphatic carbocycles. The predicted molar refractivity (Wildman–Crippen MR) is 72.3 cm³/mol. The van der Waals surface area contributed by atoms with Crippen molar-refractivity contribution in [3.8, 4) is 0 Å². The Morgan fingerprint density at radius 1 is 1.50 bits per heavy atom. The highest BCUT2D eigenvalue weighted by molar-refractivity contribution is 4.93. The Bertz CT molecular complexity index is 362. The monoisotopic (exact) mass is 251 g/mol. The number of nitrogens with one attached hydrogen (secondary N) is 1. The van der Waals surface area contributed by atoms with Gasteiger partial charge in [-0.25, -0.2) is 4.98 Å². The minimum absolute atomic E-state index is 0.359. The maximum Gasteiger partial charge on any atom is 0.122 e. The Hall–Kier alpha value is -0.870. The van der Waals surface area contributed by atoms with Gasteiger partial charge in [-0.1, -0.05) is 13.8 Å². The topological polar surface area (TPSA) is 39.1 Å². The van der Waals surface area contributed by atoms with Gasteiger partial charge >= 0.3 is 0 Å². The Morgan fingerprint density at radius 3 is 3.00 bits per heavy atom. The summed E-state index contributed by atoms with van der Waals surface area (Å²) in [7, 11) is 0. The molecular weight excluding hydrogens is 226 g/mol. The summed E-state index contributed by atoms with van der Waals surface area (Å²) in [6.45, 7) is 9.39. The molecule has 0 bridgehead atoms. The molecule has 0 aromatic carbocycles. The van der Waals surface area contributed by atoms with E-state index in [0.717, 1.165) is 31.9 Å². The molecule has 1 aliphatic heterocycles. The van der Waals surface area contributed by atoms with Crippen LogP contribution in [0, 0.1) is 5.92 Å². The van der Waals surface area contributed by atoms with Gasteiger partial charge in [0.15, 0.2) is 0 Å². The smallest absolute Gasteiger partial charge is 0.122 e. The first kappa shape index (κ1) is 13.6. The van der Waals surface area contributed by atoms with Crippen LogP contribution in [0.25, 0.3) is 0 Å². The number of rotatable bonds is 6. The SMILES string of the molecule is CC(C)CNCc1nccn1CC1CCC(C)O1. The summed E-state index contributed by atoms with van der Waals surface area (Å²) in [6.07, 6.45) is 7.06. The third-order valence-corrected chi connectivity index (χ3v) is 3.36. The first-order valence-electron chi connectivity index (χ1n) is 7.01. The van der Waals surface area contributed by atoms with Crippen LogP contribution in [0.15, 0.2) is 12.4 Å². The van der Waals surface area contributed by atoms with Crippen molar-refractivity contribution in [3.63, 3.8) is 0 Å². The van der Waals surface area contributed by atoms with E-state index in [2.05, 4.69) is 41.8 Å². The highest BCUT2D eigenvalue weighted by Crippen LogP contribution is 2.20. The van der Waals surface area contributed by atoms with Gasteiger partial charge in [0, 0.05) is 12.4 Å². The zero-order chi connectivity index (χ0) is 13.0. The Morgan fingerprint density at radius 2 is 2.33 bits per heavy atom. The molecule has 102 valence electrons. The molecule has 4 heteroatoms. The first-order valence-corrected chi connectivity index (χ1v) is 7.01. The number of aromatic nitrogens is 2. The lowest BCUT2D eigenvalue weighted by Gasteiger charge is -2.14. The lowest BCUT2D eigenvalue weighted by atomic mass is 10.2. The molecule has 18 heavy (non-hydrogen) atoms. The fourth-order valence-electron chi connectivity index (χ4n) is 2.39. The van der Waals surface area contributed by atoms with Crippen LogP contribution < -0.4 is 5.32 Å². The molecule has 1 aromatic heterocycles. The van der Waals surface area contributed by atoms with E-state index in [1.165, 1.54) is 6.42 Å². The van der Waals surface area contributed by atoms with E-state index < -0.39 is 0 Å². The molecule has 1 aromatic rings. The quantitative estimate of drug-likeness (QED) is 0.842. The lowest BCUT2D eigenvalue weighted by molar-refractivity contribution is 0.0452. The van der Waals surface area contributed by atoms with Crippen molar-refractivity contribution in [3.05, 3.63) is 18.2 Å². The zero-order valence-electron chi connectivity index (χ0n) is 11.7. The molecule has 4 nitrogen and oxygen atoms in total. The summed E-state index contributed by atoms with van der Waals surface area (Å²) < 4.78 is 8.08. The molecule has 0 radical (unpaired) electrons. The maximum absolute atomic E-state index is 5.86. The van der Waals surface area contributed by atoms with Crippen molar-refractivity contribution in [2.75, 3.05) is 6.54 Å². The Kier molecular flexibility index (Phi) is 4.78. The largest absolute Gasteiger partial charge is 0.373 e. The molecular formula is C14H25N3O. The third-order valence-electron chi connectivity index (χ3n) is 3.36. The summed E-state index contributed by atoms with van der Waals surface area (Å²) in [5.74, 6) is 1.78. The highest BCUT2D eigenvalue weighted by Gasteiger charge is 2.22. The normalized spacial score (nSPS) is 24.0. The molecule has 2 rings (SSSR count). The van der Waals surface area contributed by atoms with Crippen molar-refractivity contribution < 1.29 is 4.74 Å². The summed E-state index contributed by atoms with van der Waals surface area (Å²) in [6, 6.07) is 0. The lowest BCUT2D eigenvalue weighted by Crippen LogP contribution is -2.23. The van der Waals surface area contributed by atoms with Crippen LogP contribution in [-0.2, 0) is 17.8 Å². The van der Waals surface area contributed by atoms with Crippen LogP contribution in [0.2, 0.25) is 0 Å². The van der Waals surface area contributed by atoms with Crippen LogP contribution in [-0.4, -0.2) is 28.3 Å². The van der Waals surface area contributed by atoms with Gasteiger partial charge in [0.05, 0.1) is 25.3 Å². The van der Waals surface area contributed by atoms with Crippen molar-refractivity contribution in [1.29, 1.82) is 0 Å². The molecule has 2 heterocycles. The van der Waals surface area contributed by atoms with Crippen LogP contribution in [0.3, 0.4) is 0 Å². The van der Waals surface area contributed by atoms with E-state index in [0.29, 0.717) is 18.1 Å². The second-order valence-corrected chi connectivity index (χ2v) is 5.67. The van der Waals surface area contributed by atoms with Crippen LogP contribution in [0.5, 0.6) is 0 Å². The average Bonchev–Trinajstić information content (AvgIpc) is 2.89. The second-order valence-electron chi connectivity index (χ2n) is 5.67. The van der Waals surface area contributed by atoms with Gasteiger partial charge < -0.3 is 14.6 Å². The van der Waals surface area contributed by atoms with E-state index in [4.69, 9.17) is 4.74 Å². The van der Waals surface area contributed by atoms with Gasteiger partial charge in [-0.05, 0) is 32.2 Å². The fourth-order valence-corrected chi connectivity index (χ4v) is 2.39. The van der Waals surface area contributed by atoms with E-state index in [9.17, 15) is 0 Å². The van der Waals surface area contributed by atoms with Gasteiger partial charge in [-0.15, -0.1) is 0 Å². The van der Waals surface area contributed by atoms with Gasteiger partial charge in [-0.2, -0.15) is 0 Å². The van der Waals surface area contributed by atoms with E-state index in [1.807, 2.05) is 6.20 Å². The van der Waals surface area contributed by atoms with Gasteiger partial charge in [0.25, 0.3) is 0 Å². The summed E-state index contributed by atoms with van der Waals surface area (Å²) in [4.78, 5) is 4.42. The molecule has 0 spiro atoms. The van der Waals surface area contributed by atoms with Crippen molar-refractivity contribution in [2.45, 2.75) is 58.9 Å². The van der Waals surface area contributed by atoms with Crippen molar-refractivity contribution in [2.24, 2.45) is 5.92 Å². The van der Waals surface area contributed by atoms with Gasteiger partial charge in [0.1, 0.15) is 5.82 Å². The predicted octanol–water partition coefficient (Wildman–Crippen LogP) is 2.20. The highest BCUT2D eigenvalue weighted by atomic mass is 16.5. The summed E-state index contributed by atoms with van der Waals surface area (Å²) in [5, 5.41) is 3.44. The van der Waals surface area contributed by atoms with E-state index >= 15 is 0 Å². The molecule has 0 amide bonds. The number of ether oxygens (including phenoxy) is 1. The average molecular weight is 251 g/mol. The second kappa shape index (κ2) is 6.34. The number of hydrogen-bond acceptors (Lipinski definition) is 3. The fraction of sp³-hybridized carbons (Fsp3) is 0.786. The zero-order valence-corrected chi connectivity index (χ0v) is 11.7.